The van der Waals surface area contributed by atoms with Gasteiger partial charge < -0.3 is 10.0 Å². The molecule has 2 aromatic rings. The number of anilines is 2. The fourth-order valence-electron chi connectivity index (χ4n) is 3.08. The molecule has 8 heteroatoms. The van der Waals surface area contributed by atoms with E-state index in [-0.39, 0.29) is 16.4 Å². The number of thiocarbonyl (C=S) groups is 1. The summed E-state index contributed by atoms with van der Waals surface area (Å²) in [6.45, 7) is 5.57. The number of phenols is 1. The predicted molar refractivity (Wildman–Crippen MR) is 114 cm³/mol. The maximum absolute atomic E-state index is 13.2. The van der Waals surface area contributed by atoms with Gasteiger partial charge in [0, 0.05) is 30.4 Å². The van der Waals surface area contributed by atoms with Gasteiger partial charge in [-0.1, -0.05) is 0 Å². The van der Waals surface area contributed by atoms with Crippen LogP contribution in [0, 0.1) is 5.82 Å². The number of benzene rings is 2. The Balaban J connectivity index is 1.97. The fourth-order valence-corrected chi connectivity index (χ4v) is 3.36. The normalized spacial score (nSPS) is 15.6. The van der Waals surface area contributed by atoms with E-state index in [1.54, 1.807) is 12.1 Å². The minimum Gasteiger partial charge on any atom is -0.507 e. The Kier molecular flexibility index (Phi) is 5.93. The van der Waals surface area contributed by atoms with Crippen LogP contribution in [0.2, 0.25) is 0 Å². The highest BCUT2D eigenvalue weighted by molar-refractivity contribution is 7.80. The van der Waals surface area contributed by atoms with Crippen LogP contribution in [-0.4, -0.2) is 35.1 Å². The number of carbonyl (C=O) groups excluding carboxylic acids is 2. The molecule has 0 saturated carbocycles. The van der Waals surface area contributed by atoms with Crippen molar-refractivity contribution in [2.24, 2.45) is 0 Å². The van der Waals surface area contributed by atoms with Gasteiger partial charge >= 0.3 is 0 Å². The summed E-state index contributed by atoms with van der Waals surface area (Å²) in [7, 11) is 0. The number of halogens is 1. The Morgan fingerprint density at radius 2 is 1.79 bits per heavy atom. The van der Waals surface area contributed by atoms with Crippen LogP contribution in [0.4, 0.5) is 15.8 Å². The SMILES string of the molecule is CCN(CC)c1ccc(C=C2C(=O)NC(=S)N(c3ccc(F)cc3)C2=O)c(O)c1. The highest BCUT2D eigenvalue weighted by atomic mass is 32.1. The first kappa shape index (κ1) is 20.5. The number of phenolic OH excluding ortho intramolecular Hbond substituents is 1. The lowest BCUT2D eigenvalue weighted by atomic mass is 10.1. The minimum atomic E-state index is -0.661. The van der Waals surface area contributed by atoms with Gasteiger partial charge in [-0.15, -0.1) is 0 Å². The number of hydrogen-bond donors (Lipinski definition) is 2. The van der Waals surface area contributed by atoms with Gasteiger partial charge in [-0.3, -0.25) is 19.8 Å². The molecule has 1 saturated heterocycles. The Morgan fingerprint density at radius 1 is 1.14 bits per heavy atom. The van der Waals surface area contributed by atoms with Gasteiger partial charge in [-0.25, -0.2) is 4.39 Å². The van der Waals surface area contributed by atoms with E-state index in [1.165, 1.54) is 30.3 Å². The first-order valence-corrected chi connectivity index (χ1v) is 9.51. The zero-order valence-electron chi connectivity index (χ0n) is 16.0. The van der Waals surface area contributed by atoms with Crippen LogP contribution in [0.5, 0.6) is 5.75 Å². The van der Waals surface area contributed by atoms with E-state index in [2.05, 4.69) is 10.2 Å². The van der Waals surface area contributed by atoms with Crippen LogP contribution in [-0.2, 0) is 9.59 Å². The Labute approximate surface area is 173 Å². The summed E-state index contributed by atoms with van der Waals surface area (Å²) in [5, 5.41) is 12.8. The lowest BCUT2D eigenvalue weighted by Gasteiger charge is -2.29. The van der Waals surface area contributed by atoms with Crippen LogP contribution in [0.15, 0.2) is 48.0 Å². The Bertz CT molecular complexity index is 1000. The molecule has 6 nitrogen and oxygen atoms in total. The Hall–Kier alpha value is -3.26. The summed E-state index contributed by atoms with van der Waals surface area (Å²) in [5.41, 5.74) is 1.30. The Morgan fingerprint density at radius 3 is 2.38 bits per heavy atom. The van der Waals surface area contributed by atoms with Crippen molar-refractivity contribution >= 4 is 46.6 Å². The number of aromatic hydroxyl groups is 1. The van der Waals surface area contributed by atoms with Gasteiger partial charge in [0.15, 0.2) is 5.11 Å². The molecule has 2 aromatic carbocycles. The summed E-state index contributed by atoms with van der Waals surface area (Å²) < 4.78 is 13.2. The summed E-state index contributed by atoms with van der Waals surface area (Å²) in [4.78, 5) is 28.5. The van der Waals surface area contributed by atoms with Crippen LogP contribution in [0.25, 0.3) is 6.08 Å². The maximum atomic E-state index is 13.2. The van der Waals surface area contributed by atoms with Gasteiger partial charge in [-0.05, 0) is 68.5 Å². The third-order valence-electron chi connectivity index (χ3n) is 4.63. The third-order valence-corrected chi connectivity index (χ3v) is 4.91. The summed E-state index contributed by atoms with van der Waals surface area (Å²) >= 11 is 5.11. The van der Waals surface area contributed by atoms with E-state index in [0.717, 1.165) is 23.7 Å². The standard InChI is InChI=1S/C21H20FN3O3S/c1-3-24(4-2)16-8-5-13(18(26)12-16)11-17-19(27)23-21(29)25(20(17)28)15-9-6-14(22)7-10-15/h5-12,26H,3-4H2,1-2H3,(H,23,27,29). The number of nitrogens with zero attached hydrogens (tertiary/aromatic N) is 2. The summed E-state index contributed by atoms with van der Waals surface area (Å²) in [6, 6.07) is 10.2. The molecule has 0 atom stereocenters. The van der Waals surface area contributed by atoms with Gasteiger partial charge in [0.05, 0.1) is 5.69 Å². The van der Waals surface area contributed by atoms with Crippen LogP contribution < -0.4 is 15.1 Å². The molecule has 3 rings (SSSR count). The fraction of sp³-hybridized carbons (Fsp3) is 0.190. The molecule has 150 valence electrons. The molecule has 1 heterocycles. The average Bonchev–Trinajstić information content (AvgIpc) is 2.69. The smallest absolute Gasteiger partial charge is 0.270 e. The van der Waals surface area contributed by atoms with Crippen molar-refractivity contribution in [1.82, 2.24) is 5.32 Å². The lowest BCUT2D eigenvalue weighted by molar-refractivity contribution is -0.122. The second-order valence-corrected chi connectivity index (χ2v) is 6.74. The van der Waals surface area contributed by atoms with E-state index in [0.29, 0.717) is 11.3 Å². The monoisotopic (exact) mass is 413 g/mol. The van der Waals surface area contributed by atoms with Crippen molar-refractivity contribution in [2.45, 2.75) is 13.8 Å². The second kappa shape index (κ2) is 8.40. The molecule has 0 radical (unpaired) electrons. The lowest BCUT2D eigenvalue weighted by Crippen LogP contribution is -2.54. The van der Waals surface area contributed by atoms with Crippen LogP contribution in [0.3, 0.4) is 0 Å². The van der Waals surface area contributed by atoms with Crippen LogP contribution >= 0.6 is 12.2 Å². The highest BCUT2D eigenvalue weighted by Gasteiger charge is 2.34. The molecule has 0 unspecified atom stereocenters. The summed E-state index contributed by atoms with van der Waals surface area (Å²) in [5.74, 6) is -1.82. The third kappa shape index (κ3) is 4.12. The van der Waals surface area contributed by atoms with Crippen LogP contribution in [0.1, 0.15) is 19.4 Å². The average molecular weight is 413 g/mol. The summed E-state index contributed by atoms with van der Waals surface area (Å²) in [6.07, 6.45) is 1.32. The number of rotatable bonds is 5. The largest absolute Gasteiger partial charge is 0.507 e. The van der Waals surface area contributed by atoms with Crippen molar-refractivity contribution in [3.8, 4) is 5.75 Å². The van der Waals surface area contributed by atoms with Crippen molar-refractivity contribution in [1.29, 1.82) is 0 Å². The van der Waals surface area contributed by atoms with Crippen molar-refractivity contribution in [3.05, 3.63) is 59.4 Å². The number of carbonyl (C=O) groups is 2. The number of amides is 2. The molecule has 2 N–H and O–H groups in total. The molecule has 0 bridgehead atoms. The molecule has 0 aliphatic carbocycles. The maximum Gasteiger partial charge on any atom is 0.270 e. The quantitative estimate of drug-likeness (QED) is 0.447. The van der Waals surface area contributed by atoms with Gasteiger partial charge in [0.2, 0.25) is 0 Å². The minimum absolute atomic E-state index is 0.0519. The zero-order valence-corrected chi connectivity index (χ0v) is 16.8. The predicted octanol–water partition coefficient (Wildman–Crippen LogP) is 3.21. The van der Waals surface area contributed by atoms with E-state index < -0.39 is 17.6 Å². The highest BCUT2D eigenvalue weighted by Crippen LogP contribution is 2.28. The topological polar surface area (TPSA) is 72.9 Å². The van der Waals surface area contributed by atoms with Gasteiger partial charge in [0.25, 0.3) is 11.8 Å². The van der Waals surface area contributed by atoms with E-state index in [4.69, 9.17) is 12.2 Å². The van der Waals surface area contributed by atoms with Gasteiger partial charge in [0.1, 0.15) is 17.1 Å². The van der Waals surface area contributed by atoms with Crippen molar-refractivity contribution in [2.75, 3.05) is 22.9 Å². The van der Waals surface area contributed by atoms with E-state index >= 15 is 0 Å². The molecule has 1 aliphatic heterocycles. The molecular weight excluding hydrogens is 393 g/mol. The van der Waals surface area contributed by atoms with Crippen molar-refractivity contribution < 1.29 is 19.1 Å². The molecule has 0 spiro atoms. The van der Waals surface area contributed by atoms with E-state index in [1.807, 2.05) is 19.9 Å². The number of nitrogens with one attached hydrogen (secondary N) is 1. The van der Waals surface area contributed by atoms with Crippen molar-refractivity contribution in [3.63, 3.8) is 0 Å². The molecule has 0 aromatic heterocycles. The molecular formula is C21H20FN3O3S. The molecule has 2 amide bonds. The first-order chi connectivity index (χ1) is 13.8. The van der Waals surface area contributed by atoms with E-state index in [9.17, 15) is 19.1 Å². The van der Waals surface area contributed by atoms with Gasteiger partial charge in [-0.2, -0.15) is 0 Å². The second-order valence-electron chi connectivity index (χ2n) is 6.35. The molecule has 29 heavy (non-hydrogen) atoms. The molecule has 1 aliphatic rings. The molecule has 1 fully saturated rings. The number of hydrogen-bond acceptors (Lipinski definition) is 5. The first-order valence-electron chi connectivity index (χ1n) is 9.10. The zero-order chi connectivity index (χ0) is 21.1.